The first-order chi connectivity index (χ1) is 15.8. The molecule has 0 radical (unpaired) electrons. The van der Waals surface area contributed by atoms with Gasteiger partial charge in [-0.3, -0.25) is 13.9 Å². The molecule has 2 aliphatic rings. The lowest BCUT2D eigenvalue weighted by Gasteiger charge is -2.27. The molecule has 1 fully saturated rings. The Hall–Kier alpha value is -3.31. The summed E-state index contributed by atoms with van der Waals surface area (Å²) in [5.41, 5.74) is 1.19. The van der Waals surface area contributed by atoms with Crippen molar-refractivity contribution in [1.29, 1.82) is 0 Å². The quantitative estimate of drug-likeness (QED) is 0.670. The zero-order valence-electron chi connectivity index (χ0n) is 18.2. The van der Waals surface area contributed by atoms with Crippen LogP contribution in [0.1, 0.15) is 10.4 Å². The summed E-state index contributed by atoms with van der Waals surface area (Å²) in [6, 6.07) is 11.1. The highest BCUT2D eigenvalue weighted by Crippen LogP contribution is 2.32. The van der Waals surface area contributed by atoms with E-state index in [0.29, 0.717) is 62.3 Å². The predicted octanol–water partition coefficient (Wildman–Crippen LogP) is 1.33. The van der Waals surface area contributed by atoms with Gasteiger partial charge in [-0.25, -0.2) is 8.42 Å². The van der Waals surface area contributed by atoms with Crippen molar-refractivity contribution in [2.24, 2.45) is 0 Å². The van der Waals surface area contributed by atoms with Crippen molar-refractivity contribution in [1.82, 2.24) is 4.90 Å². The number of morpholine rings is 1. The fourth-order valence-electron chi connectivity index (χ4n) is 3.57. The van der Waals surface area contributed by atoms with Crippen LogP contribution in [0, 0.1) is 0 Å². The molecule has 1 saturated heterocycles. The van der Waals surface area contributed by atoms with Crippen molar-refractivity contribution >= 4 is 33.2 Å². The van der Waals surface area contributed by atoms with E-state index in [2.05, 4.69) is 5.32 Å². The molecule has 0 aromatic heterocycles. The average molecular weight is 476 g/mol. The number of benzene rings is 2. The zero-order chi connectivity index (χ0) is 23.4. The summed E-state index contributed by atoms with van der Waals surface area (Å²) in [6.07, 6.45) is 1.02. The summed E-state index contributed by atoms with van der Waals surface area (Å²) in [4.78, 5) is 26.9. The van der Waals surface area contributed by atoms with Gasteiger partial charge < -0.3 is 24.4 Å². The molecule has 1 N–H and O–H groups in total. The lowest BCUT2D eigenvalue weighted by molar-refractivity contribution is -0.114. The molecular weight excluding hydrogens is 450 g/mol. The number of rotatable bonds is 6. The van der Waals surface area contributed by atoms with Crippen LogP contribution < -0.4 is 19.1 Å². The van der Waals surface area contributed by atoms with E-state index in [1.54, 1.807) is 35.2 Å². The topological polar surface area (TPSA) is 114 Å². The molecule has 2 aromatic carbocycles. The number of amides is 2. The van der Waals surface area contributed by atoms with Crippen LogP contribution in [0.15, 0.2) is 42.5 Å². The Bertz CT molecular complexity index is 1130. The van der Waals surface area contributed by atoms with Crippen molar-refractivity contribution < 1.29 is 32.2 Å². The number of anilines is 2. The lowest BCUT2D eigenvalue weighted by atomic mass is 10.1. The molecule has 0 spiro atoms. The predicted molar refractivity (Wildman–Crippen MR) is 121 cm³/mol. The average Bonchev–Trinajstić information content (AvgIpc) is 2.82. The van der Waals surface area contributed by atoms with Crippen LogP contribution in [-0.2, 0) is 19.6 Å². The van der Waals surface area contributed by atoms with E-state index >= 15 is 0 Å². The molecular formula is C22H25N3O7S. The number of nitrogens with one attached hydrogen (secondary N) is 1. The lowest BCUT2D eigenvalue weighted by Crippen LogP contribution is -2.40. The summed E-state index contributed by atoms with van der Waals surface area (Å²) in [5.74, 6) is 0.431. The number of nitrogens with zero attached hydrogens (tertiary/aromatic N) is 2. The molecule has 4 rings (SSSR count). The smallest absolute Gasteiger partial charge is 0.254 e. The summed E-state index contributed by atoms with van der Waals surface area (Å²) < 4.78 is 42.0. The van der Waals surface area contributed by atoms with E-state index < -0.39 is 22.5 Å². The Morgan fingerprint density at radius 1 is 0.970 bits per heavy atom. The fraction of sp³-hybridized carbons (Fsp3) is 0.364. The van der Waals surface area contributed by atoms with Gasteiger partial charge in [0.05, 0.1) is 25.2 Å². The molecule has 0 bridgehead atoms. The summed E-state index contributed by atoms with van der Waals surface area (Å²) >= 11 is 0. The van der Waals surface area contributed by atoms with E-state index in [1.165, 1.54) is 12.1 Å². The molecule has 0 aliphatic carbocycles. The van der Waals surface area contributed by atoms with Gasteiger partial charge in [0, 0.05) is 30.4 Å². The molecule has 2 amide bonds. The van der Waals surface area contributed by atoms with E-state index in [9.17, 15) is 18.0 Å². The Balaban J connectivity index is 1.46. The third kappa shape index (κ3) is 5.55. The highest BCUT2D eigenvalue weighted by Gasteiger charge is 2.23. The van der Waals surface area contributed by atoms with Crippen molar-refractivity contribution in [3.63, 3.8) is 0 Å². The summed E-state index contributed by atoms with van der Waals surface area (Å²) in [6.45, 7) is 2.44. The van der Waals surface area contributed by atoms with Gasteiger partial charge in [0.25, 0.3) is 5.91 Å². The Morgan fingerprint density at radius 2 is 1.64 bits per heavy atom. The third-order valence-electron chi connectivity index (χ3n) is 5.21. The van der Waals surface area contributed by atoms with Crippen molar-refractivity contribution in [3.8, 4) is 11.5 Å². The maximum absolute atomic E-state index is 12.6. The van der Waals surface area contributed by atoms with Crippen LogP contribution >= 0.6 is 0 Å². The molecule has 2 heterocycles. The second-order valence-corrected chi connectivity index (χ2v) is 9.53. The third-order valence-corrected chi connectivity index (χ3v) is 6.35. The number of carbonyl (C=O) groups is 2. The van der Waals surface area contributed by atoms with Gasteiger partial charge >= 0.3 is 0 Å². The van der Waals surface area contributed by atoms with Crippen molar-refractivity contribution in [2.45, 2.75) is 0 Å². The minimum atomic E-state index is -3.76. The number of hydrogen-bond acceptors (Lipinski definition) is 7. The molecule has 176 valence electrons. The summed E-state index contributed by atoms with van der Waals surface area (Å²) in [5, 5.41) is 2.68. The Labute approximate surface area is 192 Å². The van der Waals surface area contributed by atoms with Gasteiger partial charge in [-0.2, -0.15) is 0 Å². The van der Waals surface area contributed by atoms with E-state index in [-0.39, 0.29) is 11.6 Å². The monoisotopic (exact) mass is 475 g/mol. The number of fused-ring (bicyclic) bond motifs is 1. The SMILES string of the molecule is CS(=O)(=O)N(CC(=O)Nc1ccc2c(c1)OCCO2)c1ccc(C(=O)N2CCOCC2)cc1. The molecule has 2 aromatic rings. The Morgan fingerprint density at radius 3 is 2.30 bits per heavy atom. The first-order valence-electron chi connectivity index (χ1n) is 10.5. The van der Waals surface area contributed by atoms with Crippen LogP contribution in [0.5, 0.6) is 11.5 Å². The van der Waals surface area contributed by atoms with Gasteiger partial charge in [0.1, 0.15) is 19.8 Å². The first kappa shape index (κ1) is 22.9. The minimum Gasteiger partial charge on any atom is -0.486 e. The van der Waals surface area contributed by atoms with Crippen LogP contribution in [0.4, 0.5) is 11.4 Å². The molecule has 0 saturated carbocycles. The van der Waals surface area contributed by atoms with Crippen molar-refractivity contribution in [2.75, 3.05) is 61.9 Å². The second-order valence-electron chi connectivity index (χ2n) is 7.63. The fourth-order valence-corrected chi connectivity index (χ4v) is 4.43. The van der Waals surface area contributed by atoms with Gasteiger partial charge in [-0.15, -0.1) is 0 Å². The van der Waals surface area contributed by atoms with Crippen LogP contribution in [-0.4, -0.2) is 77.4 Å². The number of carbonyl (C=O) groups excluding carboxylic acids is 2. The number of sulfonamides is 1. The maximum atomic E-state index is 12.6. The molecule has 11 heteroatoms. The van der Waals surface area contributed by atoms with Crippen LogP contribution in [0.25, 0.3) is 0 Å². The molecule has 10 nitrogen and oxygen atoms in total. The highest BCUT2D eigenvalue weighted by atomic mass is 32.2. The first-order valence-corrected chi connectivity index (χ1v) is 12.3. The number of hydrogen-bond donors (Lipinski definition) is 1. The van der Waals surface area contributed by atoms with E-state index in [0.717, 1.165) is 10.6 Å². The normalized spacial score (nSPS) is 15.6. The van der Waals surface area contributed by atoms with Crippen LogP contribution in [0.3, 0.4) is 0 Å². The summed E-state index contributed by atoms with van der Waals surface area (Å²) in [7, 11) is -3.76. The second kappa shape index (κ2) is 9.67. The molecule has 2 aliphatic heterocycles. The minimum absolute atomic E-state index is 0.146. The van der Waals surface area contributed by atoms with Crippen LogP contribution in [0.2, 0.25) is 0 Å². The van der Waals surface area contributed by atoms with Gasteiger partial charge in [0.2, 0.25) is 15.9 Å². The molecule has 33 heavy (non-hydrogen) atoms. The number of ether oxygens (including phenoxy) is 3. The molecule has 0 atom stereocenters. The highest BCUT2D eigenvalue weighted by molar-refractivity contribution is 7.92. The largest absolute Gasteiger partial charge is 0.486 e. The van der Waals surface area contributed by atoms with Gasteiger partial charge in [-0.05, 0) is 36.4 Å². The standard InChI is InChI=1S/C22H25N3O7S/c1-33(28,29)25(15-21(26)23-17-4-7-19-20(14-17)32-13-12-31-19)18-5-2-16(3-6-18)22(27)24-8-10-30-11-9-24/h2-7,14H,8-13,15H2,1H3,(H,23,26). The molecule has 0 unspecified atom stereocenters. The zero-order valence-corrected chi connectivity index (χ0v) is 19.0. The van der Waals surface area contributed by atoms with Gasteiger partial charge in [0.15, 0.2) is 11.5 Å². The Kier molecular flexibility index (Phi) is 6.70. The van der Waals surface area contributed by atoms with E-state index in [4.69, 9.17) is 14.2 Å². The maximum Gasteiger partial charge on any atom is 0.254 e. The van der Waals surface area contributed by atoms with E-state index in [1.807, 2.05) is 0 Å². The van der Waals surface area contributed by atoms with Gasteiger partial charge in [-0.1, -0.05) is 0 Å². The van der Waals surface area contributed by atoms with Crippen molar-refractivity contribution in [3.05, 3.63) is 48.0 Å².